The third-order valence-electron chi connectivity index (χ3n) is 3.18. The number of nitrogens with zero attached hydrogens (tertiary/aromatic N) is 1. The maximum atomic E-state index is 12.0. The van der Waals surface area contributed by atoms with E-state index in [0.717, 1.165) is 12.8 Å². The highest BCUT2D eigenvalue weighted by Gasteiger charge is 2.45. The Kier molecular flexibility index (Phi) is 3.84. The van der Waals surface area contributed by atoms with E-state index in [1.165, 1.54) is 0 Å². The van der Waals surface area contributed by atoms with Gasteiger partial charge in [-0.15, -0.1) is 0 Å². The number of carbonyl (C=O) groups excluding carboxylic acids is 2. The molecule has 0 saturated carbocycles. The molecule has 0 aliphatic carbocycles. The fraction of sp³-hybridized carbons (Fsp3) is 0.846. The molecule has 1 saturated heterocycles. The van der Waals surface area contributed by atoms with Crippen LogP contribution in [0.3, 0.4) is 0 Å². The number of likely N-dealkylation sites (tertiary alicyclic amines) is 1. The normalized spacial score (nSPS) is 24.9. The average molecular weight is 241 g/mol. The van der Waals surface area contributed by atoms with E-state index in [1.54, 1.807) is 4.90 Å². The summed E-state index contributed by atoms with van der Waals surface area (Å²) in [7, 11) is 0. The van der Waals surface area contributed by atoms with Gasteiger partial charge in [-0.2, -0.15) is 0 Å². The van der Waals surface area contributed by atoms with Gasteiger partial charge < -0.3 is 4.74 Å². The van der Waals surface area contributed by atoms with Crippen LogP contribution in [-0.2, 0) is 9.53 Å². The Bertz CT molecular complexity index is 319. The van der Waals surface area contributed by atoms with Crippen molar-refractivity contribution in [1.29, 1.82) is 0 Å². The lowest BCUT2D eigenvalue weighted by molar-refractivity contribution is -0.128. The molecule has 1 fully saturated rings. The van der Waals surface area contributed by atoms with Crippen LogP contribution in [0.15, 0.2) is 0 Å². The van der Waals surface area contributed by atoms with E-state index in [4.69, 9.17) is 4.74 Å². The molecule has 0 aromatic heterocycles. The summed E-state index contributed by atoms with van der Waals surface area (Å²) in [5.74, 6) is 0.112. The smallest absolute Gasteiger partial charge is 0.411 e. The van der Waals surface area contributed by atoms with E-state index >= 15 is 0 Å². The van der Waals surface area contributed by atoms with Crippen LogP contribution in [0, 0.1) is 0 Å². The van der Waals surface area contributed by atoms with Crippen LogP contribution in [0.1, 0.15) is 53.9 Å². The highest BCUT2D eigenvalue weighted by molar-refractivity contribution is 5.91. The summed E-state index contributed by atoms with van der Waals surface area (Å²) in [5.41, 5.74) is -1.19. The van der Waals surface area contributed by atoms with Gasteiger partial charge in [0.15, 0.2) is 5.78 Å². The van der Waals surface area contributed by atoms with Gasteiger partial charge in [0, 0.05) is 13.0 Å². The fourth-order valence-electron chi connectivity index (χ4n) is 2.24. The van der Waals surface area contributed by atoms with Gasteiger partial charge in [0.1, 0.15) is 11.1 Å². The third-order valence-corrected chi connectivity index (χ3v) is 3.18. The minimum absolute atomic E-state index is 0.112. The number of hydrogen-bond acceptors (Lipinski definition) is 3. The topological polar surface area (TPSA) is 46.6 Å². The summed E-state index contributed by atoms with van der Waals surface area (Å²) in [6.07, 6.45) is 1.68. The molecule has 1 heterocycles. The summed E-state index contributed by atoms with van der Waals surface area (Å²) in [6, 6.07) is 0. The van der Waals surface area contributed by atoms with E-state index < -0.39 is 11.1 Å². The van der Waals surface area contributed by atoms with E-state index in [1.807, 2.05) is 34.6 Å². The molecule has 0 aromatic rings. The minimum Gasteiger partial charge on any atom is -0.444 e. The van der Waals surface area contributed by atoms with Crippen LogP contribution in [-0.4, -0.2) is 34.5 Å². The second-order valence-electron chi connectivity index (χ2n) is 5.79. The van der Waals surface area contributed by atoms with Gasteiger partial charge in [0.05, 0.1) is 0 Å². The van der Waals surface area contributed by atoms with Crippen molar-refractivity contribution in [3.8, 4) is 0 Å². The summed E-state index contributed by atoms with van der Waals surface area (Å²) in [4.78, 5) is 25.6. The summed E-state index contributed by atoms with van der Waals surface area (Å²) in [6.45, 7) is 9.78. The Balaban J connectivity index is 2.83. The maximum Gasteiger partial charge on any atom is 0.411 e. The lowest BCUT2D eigenvalue weighted by atomic mass is 9.92. The van der Waals surface area contributed by atoms with Crippen molar-refractivity contribution in [2.24, 2.45) is 0 Å². The highest BCUT2D eigenvalue weighted by Crippen LogP contribution is 2.32. The Morgan fingerprint density at radius 3 is 2.41 bits per heavy atom. The predicted octanol–water partition coefficient (Wildman–Crippen LogP) is 2.76. The van der Waals surface area contributed by atoms with Crippen molar-refractivity contribution in [2.75, 3.05) is 6.54 Å². The largest absolute Gasteiger partial charge is 0.444 e. The molecule has 0 N–H and O–H groups in total. The van der Waals surface area contributed by atoms with Crippen LogP contribution < -0.4 is 0 Å². The van der Waals surface area contributed by atoms with Gasteiger partial charge in [-0.1, -0.05) is 6.92 Å². The molecule has 98 valence electrons. The van der Waals surface area contributed by atoms with Crippen molar-refractivity contribution < 1.29 is 14.3 Å². The molecule has 1 amide bonds. The van der Waals surface area contributed by atoms with Crippen LogP contribution >= 0.6 is 0 Å². The first-order valence-corrected chi connectivity index (χ1v) is 6.24. The highest BCUT2D eigenvalue weighted by atomic mass is 16.6. The summed E-state index contributed by atoms with van der Waals surface area (Å²) < 4.78 is 5.35. The first kappa shape index (κ1) is 14.0. The van der Waals surface area contributed by atoms with E-state index in [-0.39, 0.29) is 11.9 Å². The lowest BCUT2D eigenvalue weighted by Crippen LogP contribution is -2.52. The van der Waals surface area contributed by atoms with Gasteiger partial charge in [-0.25, -0.2) is 4.79 Å². The van der Waals surface area contributed by atoms with Crippen molar-refractivity contribution >= 4 is 11.9 Å². The number of amides is 1. The van der Waals surface area contributed by atoms with E-state index in [9.17, 15) is 9.59 Å². The minimum atomic E-state index is -0.670. The lowest BCUT2D eigenvalue weighted by Gasteiger charge is -2.35. The Morgan fingerprint density at radius 2 is 1.94 bits per heavy atom. The van der Waals surface area contributed by atoms with E-state index in [0.29, 0.717) is 13.0 Å². The first-order valence-electron chi connectivity index (χ1n) is 6.24. The fourth-order valence-corrected chi connectivity index (χ4v) is 2.24. The molecule has 1 rings (SSSR count). The SMILES string of the molecule is CCC(=O)C1(C)CCCN1C(=O)OC(C)(C)C. The molecular weight excluding hydrogens is 218 g/mol. The Hall–Kier alpha value is -1.06. The van der Waals surface area contributed by atoms with Gasteiger partial charge in [0.25, 0.3) is 0 Å². The van der Waals surface area contributed by atoms with Gasteiger partial charge in [-0.05, 0) is 40.5 Å². The molecule has 1 aliphatic rings. The van der Waals surface area contributed by atoms with Crippen molar-refractivity contribution in [1.82, 2.24) is 4.90 Å². The number of hydrogen-bond donors (Lipinski definition) is 0. The average Bonchev–Trinajstić information content (AvgIpc) is 2.58. The Morgan fingerprint density at radius 1 is 1.35 bits per heavy atom. The molecular formula is C13H23NO3. The Labute approximate surface area is 103 Å². The standard InChI is InChI=1S/C13H23NO3/c1-6-10(15)13(5)8-7-9-14(13)11(16)17-12(2,3)4/h6-9H2,1-5H3. The second kappa shape index (κ2) is 4.67. The molecule has 4 nitrogen and oxygen atoms in total. The summed E-state index contributed by atoms with van der Waals surface area (Å²) >= 11 is 0. The van der Waals surface area contributed by atoms with E-state index in [2.05, 4.69) is 0 Å². The quantitative estimate of drug-likeness (QED) is 0.746. The molecule has 0 aromatic carbocycles. The molecule has 1 aliphatic heterocycles. The second-order valence-corrected chi connectivity index (χ2v) is 5.79. The molecule has 0 bridgehead atoms. The summed E-state index contributed by atoms with van der Waals surface area (Å²) in [5, 5.41) is 0. The van der Waals surface area contributed by atoms with Crippen molar-refractivity contribution in [3.05, 3.63) is 0 Å². The van der Waals surface area contributed by atoms with Crippen molar-refractivity contribution in [3.63, 3.8) is 0 Å². The van der Waals surface area contributed by atoms with Crippen LogP contribution in [0.5, 0.6) is 0 Å². The molecule has 17 heavy (non-hydrogen) atoms. The molecule has 1 unspecified atom stereocenters. The molecule has 1 atom stereocenters. The van der Waals surface area contributed by atoms with Gasteiger partial charge in [-0.3, -0.25) is 9.69 Å². The number of rotatable bonds is 2. The number of ketones is 1. The first-order chi connectivity index (χ1) is 7.70. The zero-order valence-electron chi connectivity index (χ0n) is 11.5. The number of Topliss-reactive ketones (excluding diaryl/α,β-unsaturated/α-hetero) is 1. The van der Waals surface area contributed by atoms with Crippen LogP contribution in [0.25, 0.3) is 0 Å². The molecule has 4 heteroatoms. The van der Waals surface area contributed by atoms with Crippen LogP contribution in [0.4, 0.5) is 4.79 Å². The molecule has 0 radical (unpaired) electrons. The zero-order valence-corrected chi connectivity index (χ0v) is 11.5. The van der Waals surface area contributed by atoms with Crippen molar-refractivity contribution in [2.45, 2.75) is 65.0 Å². The third kappa shape index (κ3) is 2.99. The number of ether oxygens (including phenoxy) is 1. The predicted molar refractivity (Wildman–Crippen MR) is 65.9 cm³/mol. The zero-order chi connectivity index (χ0) is 13.3. The monoisotopic (exact) mass is 241 g/mol. The van der Waals surface area contributed by atoms with Crippen LogP contribution in [0.2, 0.25) is 0 Å². The maximum absolute atomic E-state index is 12.0. The van der Waals surface area contributed by atoms with Gasteiger partial charge in [0.2, 0.25) is 0 Å². The number of carbonyl (C=O) groups is 2. The molecule has 0 spiro atoms. The van der Waals surface area contributed by atoms with Gasteiger partial charge >= 0.3 is 6.09 Å².